The molecule has 3 N–H and O–H groups in total. The minimum Gasteiger partial charge on any atom is -0.493 e. The first-order chi connectivity index (χ1) is 12.2. The van der Waals surface area contributed by atoms with Crippen LogP contribution in [0.25, 0.3) is 0 Å². The molecule has 0 amide bonds. The first kappa shape index (κ1) is 22.4. The van der Waals surface area contributed by atoms with Crippen molar-refractivity contribution in [1.82, 2.24) is 0 Å². The highest BCUT2D eigenvalue weighted by molar-refractivity contribution is 4.91. The lowest BCUT2D eigenvalue weighted by molar-refractivity contribution is -0.0721. The van der Waals surface area contributed by atoms with E-state index in [0.717, 1.165) is 12.8 Å². The Labute approximate surface area is 153 Å². The molecule has 0 aromatic carbocycles. The van der Waals surface area contributed by atoms with Crippen molar-refractivity contribution < 1.29 is 24.8 Å². The molecule has 0 bridgehead atoms. The topological polar surface area (TPSA) is 79.2 Å². The molecule has 5 heteroatoms. The summed E-state index contributed by atoms with van der Waals surface area (Å²) < 4.78 is 10.8. The van der Waals surface area contributed by atoms with E-state index in [1.54, 1.807) is 6.26 Å². The number of rotatable bonds is 15. The van der Waals surface area contributed by atoms with Crippen molar-refractivity contribution in [1.29, 1.82) is 0 Å². The molecule has 5 nitrogen and oxygen atoms in total. The summed E-state index contributed by atoms with van der Waals surface area (Å²) in [5.41, 5.74) is 0. The summed E-state index contributed by atoms with van der Waals surface area (Å²) in [5, 5.41) is 28.5. The Balaban J connectivity index is 1.99. The molecule has 4 atom stereocenters. The largest absolute Gasteiger partial charge is 0.493 e. The van der Waals surface area contributed by atoms with E-state index in [2.05, 4.69) is 6.92 Å². The van der Waals surface area contributed by atoms with E-state index in [-0.39, 0.29) is 6.61 Å². The zero-order valence-electron chi connectivity index (χ0n) is 15.8. The van der Waals surface area contributed by atoms with Gasteiger partial charge >= 0.3 is 0 Å². The van der Waals surface area contributed by atoms with E-state index in [9.17, 15) is 10.2 Å². The second-order valence-electron chi connectivity index (χ2n) is 7.06. The van der Waals surface area contributed by atoms with Crippen LogP contribution in [0.2, 0.25) is 0 Å². The van der Waals surface area contributed by atoms with Crippen LogP contribution >= 0.6 is 0 Å². The predicted octanol–water partition coefficient (Wildman–Crippen LogP) is 3.31. The summed E-state index contributed by atoms with van der Waals surface area (Å²) in [6, 6.07) is 0. The number of hydrogen-bond acceptors (Lipinski definition) is 5. The molecule has 0 unspecified atom stereocenters. The Morgan fingerprint density at radius 3 is 2.24 bits per heavy atom. The Bertz CT molecular complexity index is 334. The highest BCUT2D eigenvalue weighted by atomic mass is 16.6. The molecule has 0 radical (unpaired) electrons. The second-order valence-corrected chi connectivity index (χ2v) is 7.06. The third-order valence-electron chi connectivity index (χ3n) is 4.79. The van der Waals surface area contributed by atoms with E-state index in [1.165, 1.54) is 57.8 Å². The average molecular weight is 359 g/mol. The molecule has 1 saturated heterocycles. The molecule has 1 heterocycles. The van der Waals surface area contributed by atoms with Crippen LogP contribution in [-0.4, -0.2) is 52.9 Å². The fourth-order valence-electron chi connectivity index (χ4n) is 3.18. The Morgan fingerprint density at radius 2 is 1.64 bits per heavy atom. The predicted molar refractivity (Wildman–Crippen MR) is 99.3 cm³/mol. The summed E-state index contributed by atoms with van der Waals surface area (Å²) >= 11 is 0. The van der Waals surface area contributed by atoms with Gasteiger partial charge in [0.05, 0.1) is 19.5 Å². The van der Waals surface area contributed by atoms with Crippen molar-refractivity contribution in [2.24, 2.45) is 0 Å². The van der Waals surface area contributed by atoms with Crippen LogP contribution in [0.5, 0.6) is 0 Å². The van der Waals surface area contributed by atoms with Crippen molar-refractivity contribution in [3.8, 4) is 0 Å². The van der Waals surface area contributed by atoms with Gasteiger partial charge in [0, 0.05) is 0 Å². The SMILES string of the molecule is CCCCCCCCCCCC/C=C/O[C@H]1[C@@H]([C@@H](O)CO)OC[C@H]1O. The summed E-state index contributed by atoms with van der Waals surface area (Å²) in [4.78, 5) is 0. The molecule has 0 saturated carbocycles. The standard InChI is InChI=1S/C20H38O5/c1-2-3-4-5-6-7-8-9-10-11-12-13-14-24-20-18(23)16-25-19(20)17(22)15-21/h13-14,17-23H,2-12,15-16H2,1H3/b14-13+/t17-,18+,19+,20+/m0/s1. The van der Waals surface area contributed by atoms with Gasteiger partial charge in [-0.25, -0.2) is 0 Å². The molecular formula is C20H38O5. The van der Waals surface area contributed by atoms with Crippen molar-refractivity contribution >= 4 is 0 Å². The zero-order chi connectivity index (χ0) is 18.3. The van der Waals surface area contributed by atoms with Gasteiger partial charge in [0.1, 0.15) is 18.3 Å². The normalized spacial score (nSPS) is 24.9. The van der Waals surface area contributed by atoms with E-state index in [1.807, 2.05) is 6.08 Å². The third kappa shape index (κ3) is 9.59. The Morgan fingerprint density at radius 1 is 1.04 bits per heavy atom. The number of ether oxygens (including phenoxy) is 2. The zero-order valence-corrected chi connectivity index (χ0v) is 15.8. The molecule has 0 aliphatic carbocycles. The molecular weight excluding hydrogens is 320 g/mol. The van der Waals surface area contributed by atoms with Crippen LogP contribution in [0.3, 0.4) is 0 Å². The molecule has 1 fully saturated rings. The number of unbranched alkanes of at least 4 members (excludes halogenated alkanes) is 10. The monoisotopic (exact) mass is 358 g/mol. The molecule has 0 aromatic heterocycles. The molecule has 1 aliphatic rings. The number of aliphatic hydroxyl groups excluding tert-OH is 3. The van der Waals surface area contributed by atoms with Gasteiger partial charge in [0.2, 0.25) is 0 Å². The van der Waals surface area contributed by atoms with E-state index in [4.69, 9.17) is 14.6 Å². The summed E-state index contributed by atoms with van der Waals surface area (Å²) in [7, 11) is 0. The smallest absolute Gasteiger partial charge is 0.154 e. The van der Waals surface area contributed by atoms with Gasteiger partial charge in [-0.1, -0.05) is 64.7 Å². The molecule has 0 aromatic rings. The lowest BCUT2D eigenvalue weighted by Gasteiger charge is -2.22. The van der Waals surface area contributed by atoms with Gasteiger partial charge in [0.15, 0.2) is 6.10 Å². The minimum atomic E-state index is -1.03. The van der Waals surface area contributed by atoms with E-state index in [0.29, 0.717) is 0 Å². The van der Waals surface area contributed by atoms with Gasteiger partial charge in [-0.05, 0) is 18.9 Å². The maximum atomic E-state index is 9.82. The number of allylic oxidation sites excluding steroid dienone is 1. The van der Waals surface area contributed by atoms with Gasteiger partial charge in [0.25, 0.3) is 0 Å². The van der Waals surface area contributed by atoms with E-state index < -0.39 is 31.0 Å². The van der Waals surface area contributed by atoms with Crippen molar-refractivity contribution in [2.45, 2.75) is 102 Å². The Kier molecular flexibility index (Phi) is 13.0. The number of hydrogen-bond donors (Lipinski definition) is 3. The van der Waals surface area contributed by atoms with Gasteiger partial charge < -0.3 is 24.8 Å². The molecule has 0 spiro atoms. The van der Waals surface area contributed by atoms with Gasteiger partial charge in [-0.3, -0.25) is 0 Å². The van der Waals surface area contributed by atoms with Crippen LogP contribution < -0.4 is 0 Å². The van der Waals surface area contributed by atoms with Crippen molar-refractivity contribution in [2.75, 3.05) is 13.2 Å². The van der Waals surface area contributed by atoms with Crippen LogP contribution in [0.15, 0.2) is 12.3 Å². The first-order valence-electron chi connectivity index (χ1n) is 10.1. The van der Waals surface area contributed by atoms with Crippen LogP contribution in [0, 0.1) is 0 Å². The molecule has 25 heavy (non-hydrogen) atoms. The maximum Gasteiger partial charge on any atom is 0.154 e. The highest BCUT2D eigenvalue weighted by Gasteiger charge is 2.41. The quantitative estimate of drug-likeness (QED) is 0.309. The first-order valence-corrected chi connectivity index (χ1v) is 10.1. The molecule has 148 valence electrons. The van der Waals surface area contributed by atoms with Crippen molar-refractivity contribution in [3.05, 3.63) is 12.3 Å². The average Bonchev–Trinajstić information content (AvgIpc) is 2.99. The Hall–Kier alpha value is -0.620. The minimum absolute atomic E-state index is 0.124. The maximum absolute atomic E-state index is 9.82. The van der Waals surface area contributed by atoms with Crippen molar-refractivity contribution in [3.63, 3.8) is 0 Å². The lowest BCUT2D eigenvalue weighted by atomic mass is 10.1. The number of aliphatic hydroxyl groups is 3. The summed E-state index contributed by atoms with van der Waals surface area (Å²) in [6.07, 6.45) is 14.6. The van der Waals surface area contributed by atoms with E-state index >= 15 is 0 Å². The van der Waals surface area contributed by atoms with Gasteiger partial charge in [-0.2, -0.15) is 0 Å². The van der Waals surface area contributed by atoms with Crippen LogP contribution in [0.4, 0.5) is 0 Å². The van der Waals surface area contributed by atoms with Crippen LogP contribution in [-0.2, 0) is 9.47 Å². The highest BCUT2D eigenvalue weighted by Crippen LogP contribution is 2.21. The van der Waals surface area contributed by atoms with Crippen LogP contribution in [0.1, 0.15) is 77.6 Å². The summed E-state index contributed by atoms with van der Waals surface area (Å²) in [5.74, 6) is 0. The second kappa shape index (κ2) is 14.5. The fourth-order valence-corrected chi connectivity index (χ4v) is 3.18. The molecule has 1 rings (SSSR count). The third-order valence-corrected chi connectivity index (χ3v) is 4.79. The van der Waals surface area contributed by atoms with Gasteiger partial charge in [-0.15, -0.1) is 0 Å². The lowest BCUT2D eigenvalue weighted by Crippen LogP contribution is -2.41. The molecule has 1 aliphatic heterocycles. The summed E-state index contributed by atoms with van der Waals surface area (Å²) in [6.45, 7) is 1.97. The fraction of sp³-hybridized carbons (Fsp3) is 0.900.